The zero-order valence-corrected chi connectivity index (χ0v) is 17.4. The normalized spacial score (nSPS) is 10.9. The number of hydrogen-bond acceptors (Lipinski definition) is 3. The van der Waals surface area contributed by atoms with Crippen LogP contribution in [-0.2, 0) is 5.41 Å². The lowest BCUT2D eigenvalue weighted by molar-refractivity contribution is 0.0934. The molecule has 2 aromatic rings. The summed E-state index contributed by atoms with van der Waals surface area (Å²) < 4.78 is 0. The van der Waals surface area contributed by atoms with Crippen LogP contribution in [0.3, 0.4) is 0 Å². The second kappa shape index (κ2) is 8.69. The highest BCUT2D eigenvalue weighted by Crippen LogP contribution is 2.22. The number of carbonyl (C=O) groups is 2. The Kier molecular flexibility index (Phi) is 6.81. The molecule has 2 amide bonds. The SMILES string of the molecule is CC(C)(C)c1ccc(C(=O)NC(=S)NNC(=O)c2ccc(Cl)cc2Cl)cc1. The standard InChI is InChI=1S/C19H19Cl2N3O2S/c1-19(2,3)12-6-4-11(5-7-12)16(25)22-18(27)24-23-17(26)14-9-8-13(20)10-15(14)21/h4-10H,1-3H3,(H,23,26)(H2,22,24,25,27). The summed E-state index contributed by atoms with van der Waals surface area (Å²) in [7, 11) is 0. The maximum absolute atomic E-state index is 12.2. The summed E-state index contributed by atoms with van der Waals surface area (Å²) in [5.74, 6) is -0.894. The van der Waals surface area contributed by atoms with E-state index in [4.69, 9.17) is 35.4 Å². The zero-order chi connectivity index (χ0) is 20.2. The Morgan fingerprint density at radius 3 is 2.11 bits per heavy atom. The van der Waals surface area contributed by atoms with Gasteiger partial charge in [-0.1, -0.05) is 56.1 Å². The quantitative estimate of drug-likeness (QED) is 0.498. The van der Waals surface area contributed by atoms with Crippen molar-refractivity contribution in [3.63, 3.8) is 0 Å². The average molecular weight is 424 g/mol. The fraction of sp³-hybridized carbons (Fsp3) is 0.211. The number of nitrogens with one attached hydrogen (secondary N) is 3. The molecule has 0 atom stereocenters. The molecule has 0 radical (unpaired) electrons. The molecule has 2 aromatic carbocycles. The first-order valence-corrected chi connectivity index (χ1v) is 9.21. The average Bonchev–Trinajstić information content (AvgIpc) is 2.59. The summed E-state index contributed by atoms with van der Waals surface area (Å²) in [5.41, 5.74) is 6.64. The molecule has 0 aliphatic carbocycles. The van der Waals surface area contributed by atoms with Gasteiger partial charge in [0, 0.05) is 10.6 Å². The maximum Gasteiger partial charge on any atom is 0.271 e. The van der Waals surface area contributed by atoms with Crippen LogP contribution in [0.1, 0.15) is 47.1 Å². The smallest absolute Gasteiger partial charge is 0.271 e. The van der Waals surface area contributed by atoms with Gasteiger partial charge in [-0.05, 0) is 53.5 Å². The summed E-state index contributed by atoms with van der Waals surface area (Å²) in [4.78, 5) is 24.3. The molecule has 0 heterocycles. The molecule has 142 valence electrons. The number of carbonyl (C=O) groups excluding carboxylic acids is 2. The molecule has 0 bridgehead atoms. The lowest BCUT2D eigenvalue weighted by atomic mass is 9.87. The molecule has 0 unspecified atom stereocenters. The maximum atomic E-state index is 12.2. The Balaban J connectivity index is 1.91. The van der Waals surface area contributed by atoms with Crippen molar-refractivity contribution in [2.75, 3.05) is 0 Å². The lowest BCUT2D eigenvalue weighted by Crippen LogP contribution is -2.48. The molecule has 0 saturated carbocycles. The minimum Gasteiger partial charge on any atom is -0.298 e. The topological polar surface area (TPSA) is 70.2 Å². The van der Waals surface area contributed by atoms with Gasteiger partial charge in [0.25, 0.3) is 11.8 Å². The van der Waals surface area contributed by atoms with Gasteiger partial charge in [-0.3, -0.25) is 25.8 Å². The molecule has 2 rings (SSSR count). The third-order valence-electron chi connectivity index (χ3n) is 3.71. The number of hydrazine groups is 1. The molecule has 0 spiro atoms. The van der Waals surface area contributed by atoms with Gasteiger partial charge in [-0.25, -0.2) is 0 Å². The Labute approximate surface area is 173 Å². The molecular formula is C19H19Cl2N3O2S. The van der Waals surface area contributed by atoms with Crippen LogP contribution in [0.4, 0.5) is 0 Å². The van der Waals surface area contributed by atoms with Gasteiger partial charge in [-0.2, -0.15) is 0 Å². The molecule has 0 fully saturated rings. The molecule has 3 N–H and O–H groups in total. The minimum atomic E-state index is -0.511. The van der Waals surface area contributed by atoms with Gasteiger partial charge in [0.05, 0.1) is 10.6 Å². The van der Waals surface area contributed by atoms with Crippen molar-refractivity contribution in [1.82, 2.24) is 16.2 Å². The number of benzene rings is 2. The lowest BCUT2D eigenvalue weighted by Gasteiger charge is -2.19. The van der Waals surface area contributed by atoms with Gasteiger partial charge in [0.1, 0.15) is 0 Å². The van der Waals surface area contributed by atoms with Crippen LogP contribution in [0.2, 0.25) is 10.0 Å². The zero-order valence-electron chi connectivity index (χ0n) is 15.0. The minimum absolute atomic E-state index is 0.000909. The molecule has 27 heavy (non-hydrogen) atoms. The van der Waals surface area contributed by atoms with Crippen LogP contribution < -0.4 is 16.2 Å². The van der Waals surface area contributed by atoms with E-state index >= 15 is 0 Å². The van der Waals surface area contributed by atoms with Crippen molar-refractivity contribution < 1.29 is 9.59 Å². The van der Waals surface area contributed by atoms with Crippen LogP contribution in [-0.4, -0.2) is 16.9 Å². The van der Waals surface area contributed by atoms with Crippen molar-refractivity contribution in [3.05, 3.63) is 69.2 Å². The summed E-state index contributed by atoms with van der Waals surface area (Å²) in [6, 6.07) is 11.7. The first kappa shape index (κ1) is 21.2. The summed E-state index contributed by atoms with van der Waals surface area (Å²) in [6.07, 6.45) is 0. The van der Waals surface area contributed by atoms with E-state index in [-0.39, 0.29) is 27.0 Å². The Bertz CT molecular complexity index is 878. The van der Waals surface area contributed by atoms with Gasteiger partial charge >= 0.3 is 0 Å². The van der Waals surface area contributed by atoms with E-state index in [9.17, 15) is 9.59 Å². The molecule has 0 saturated heterocycles. The third kappa shape index (κ3) is 5.92. The Morgan fingerprint density at radius 2 is 1.56 bits per heavy atom. The van der Waals surface area contributed by atoms with Crippen LogP contribution in [0.25, 0.3) is 0 Å². The van der Waals surface area contributed by atoms with E-state index < -0.39 is 5.91 Å². The monoisotopic (exact) mass is 423 g/mol. The number of amides is 2. The number of rotatable bonds is 2. The van der Waals surface area contributed by atoms with Gasteiger partial charge in [0.2, 0.25) is 0 Å². The van der Waals surface area contributed by atoms with Crippen LogP contribution >= 0.6 is 35.4 Å². The van der Waals surface area contributed by atoms with E-state index in [2.05, 4.69) is 36.9 Å². The van der Waals surface area contributed by atoms with Crippen LogP contribution in [0.15, 0.2) is 42.5 Å². The fourth-order valence-electron chi connectivity index (χ4n) is 2.18. The van der Waals surface area contributed by atoms with Crippen molar-refractivity contribution in [3.8, 4) is 0 Å². The third-order valence-corrected chi connectivity index (χ3v) is 4.46. The van der Waals surface area contributed by atoms with E-state index in [0.717, 1.165) is 5.56 Å². The molecule has 5 nitrogen and oxygen atoms in total. The predicted octanol–water partition coefficient (Wildman–Crippen LogP) is 4.24. The summed E-state index contributed by atoms with van der Waals surface area (Å²) >= 11 is 16.8. The Morgan fingerprint density at radius 1 is 0.926 bits per heavy atom. The van der Waals surface area contributed by atoms with E-state index in [0.29, 0.717) is 10.6 Å². The van der Waals surface area contributed by atoms with Crippen molar-refractivity contribution in [2.45, 2.75) is 26.2 Å². The number of thiocarbonyl (C=S) groups is 1. The number of hydrogen-bond donors (Lipinski definition) is 3. The fourth-order valence-corrected chi connectivity index (χ4v) is 2.82. The first-order chi connectivity index (χ1) is 12.6. The van der Waals surface area contributed by atoms with Crippen molar-refractivity contribution >= 4 is 52.3 Å². The highest BCUT2D eigenvalue weighted by atomic mass is 35.5. The highest BCUT2D eigenvalue weighted by Gasteiger charge is 2.15. The molecule has 0 aliphatic rings. The summed E-state index contributed by atoms with van der Waals surface area (Å²) in [6.45, 7) is 6.28. The van der Waals surface area contributed by atoms with Crippen LogP contribution in [0, 0.1) is 0 Å². The molecule has 8 heteroatoms. The first-order valence-electron chi connectivity index (χ1n) is 8.05. The van der Waals surface area contributed by atoms with E-state index in [1.165, 1.54) is 12.1 Å². The largest absolute Gasteiger partial charge is 0.298 e. The van der Waals surface area contributed by atoms with Gasteiger partial charge in [0.15, 0.2) is 5.11 Å². The van der Waals surface area contributed by atoms with E-state index in [1.54, 1.807) is 18.2 Å². The van der Waals surface area contributed by atoms with Crippen LogP contribution in [0.5, 0.6) is 0 Å². The molecular weight excluding hydrogens is 405 g/mol. The van der Waals surface area contributed by atoms with Gasteiger partial charge in [-0.15, -0.1) is 0 Å². The Hall–Kier alpha value is -2.15. The van der Waals surface area contributed by atoms with Crippen molar-refractivity contribution in [1.29, 1.82) is 0 Å². The van der Waals surface area contributed by atoms with Crippen molar-refractivity contribution in [2.24, 2.45) is 0 Å². The predicted molar refractivity (Wildman–Crippen MR) is 112 cm³/mol. The number of halogens is 2. The van der Waals surface area contributed by atoms with E-state index in [1.807, 2.05) is 12.1 Å². The molecule has 0 aliphatic heterocycles. The second-order valence-corrected chi connectivity index (χ2v) is 8.07. The van der Waals surface area contributed by atoms with Gasteiger partial charge < -0.3 is 0 Å². The highest BCUT2D eigenvalue weighted by molar-refractivity contribution is 7.80. The molecule has 0 aromatic heterocycles. The second-order valence-electron chi connectivity index (χ2n) is 6.81. The summed E-state index contributed by atoms with van der Waals surface area (Å²) in [5, 5.41) is 3.08.